The third-order valence-corrected chi connectivity index (χ3v) is 3.98. The number of nitrogens with one attached hydrogen (secondary N) is 1. The summed E-state index contributed by atoms with van der Waals surface area (Å²) in [6.45, 7) is 6.04. The van der Waals surface area contributed by atoms with Crippen LogP contribution in [0.4, 0.5) is 5.95 Å². The summed E-state index contributed by atoms with van der Waals surface area (Å²) in [6, 6.07) is 2.09. The van der Waals surface area contributed by atoms with Crippen molar-refractivity contribution in [3.63, 3.8) is 0 Å². The van der Waals surface area contributed by atoms with Crippen molar-refractivity contribution in [1.29, 1.82) is 0 Å². The van der Waals surface area contributed by atoms with E-state index in [1.54, 1.807) is 16.9 Å². The van der Waals surface area contributed by atoms with Gasteiger partial charge >= 0.3 is 0 Å². The third kappa shape index (κ3) is 2.75. The Morgan fingerprint density at radius 3 is 2.68 bits per heavy atom. The zero-order chi connectivity index (χ0) is 15.7. The second-order valence-corrected chi connectivity index (χ2v) is 6.72. The predicted octanol–water partition coefficient (Wildman–Crippen LogP) is 2.60. The number of hydrogen-bond donors (Lipinski definition) is 1. The van der Waals surface area contributed by atoms with E-state index in [9.17, 15) is 4.79 Å². The Morgan fingerprint density at radius 1 is 1.27 bits per heavy atom. The minimum absolute atomic E-state index is 0.192. The molecule has 0 bridgehead atoms. The molecule has 1 aliphatic carbocycles. The van der Waals surface area contributed by atoms with Crippen molar-refractivity contribution in [2.24, 2.45) is 0 Å². The number of amides is 1. The highest BCUT2D eigenvalue weighted by atomic mass is 16.2. The molecule has 1 N–H and O–H groups in total. The summed E-state index contributed by atoms with van der Waals surface area (Å²) in [5.41, 5.74) is 0.334. The van der Waals surface area contributed by atoms with Gasteiger partial charge in [-0.25, -0.2) is 4.68 Å². The Hall–Kier alpha value is -2.18. The summed E-state index contributed by atoms with van der Waals surface area (Å²) in [6.07, 6.45) is 7.70. The van der Waals surface area contributed by atoms with Crippen LogP contribution in [0.25, 0.3) is 0 Å². The summed E-state index contributed by atoms with van der Waals surface area (Å²) in [7, 11) is 0. The average Bonchev–Trinajstić information content (AvgIpc) is 3.18. The molecule has 1 aliphatic rings. The van der Waals surface area contributed by atoms with Gasteiger partial charge in [0.05, 0.1) is 11.6 Å². The van der Waals surface area contributed by atoms with E-state index in [0.717, 1.165) is 12.8 Å². The molecule has 1 amide bonds. The predicted molar refractivity (Wildman–Crippen MR) is 82.7 cm³/mol. The van der Waals surface area contributed by atoms with Gasteiger partial charge in [-0.05, 0) is 39.7 Å². The lowest BCUT2D eigenvalue weighted by Gasteiger charge is -2.21. The normalized spacial score (nSPS) is 16.1. The van der Waals surface area contributed by atoms with Crippen molar-refractivity contribution < 1.29 is 4.79 Å². The molecule has 0 saturated heterocycles. The molecular formula is C15H22N6O. The zero-order valence-electron chi connectivity index (χ0n) is 13.3. The number of nitrogens with zero attached hydrogens (tertiary/aromatic N) is 5. The van der Waals surface area contributed by atoms with Gasteiger partial charge in [-0.15, -0.1) is 0 Å². The van der Waals surface area contributed by atoms with E-state index in [2.05, 4.69) is 20.5 Å². The Balaban J connectivity index is 1.81. The SMILES string of the molecule is CC(C)(C)n1ncnc1NC(=O)c1ccnn1C1CCCC1. The second-order valence-electron chi connectivity index (χ2n) is 6.72. The lowest BCUT2D eigenvalue weighted by molar-refractivity contribution is 0.101. The van der Waals surface area contributed by atoms with Gasteiger partial charge in [0.2, 0.25) is 5.95 Å². The zero-order valence-corrected chi connectivity index (χ0v) is 13.3. The number of anilines is 1. The fraction of sp³-hybridized carbons (Fsp3) is 0.600. The van der Waals surface area contributed by atoms with Crippen LogP contribution in [0.15, 0.2) is 18.6 Å². The summed E-state index contributed by atoms with van der Waals surface area (Å²) in [5.74, 6) is 0.263. The first-order valence-electron chi connectivity index (χ1n) is 7.72. The van der Waals surface area contributed by atoms with Crippen LogP contribution in [-0.2, 0) is 5.54 Å². The quantitative estimate of drug-likeness (QED) is 0.945. The van der Waals surface area contributed by atoms with Crippen LogP contribution in [0.3, 0.4) is 0 Å². The van der Waals surface area contributed by atoms with E-state index in [4.69, 9.17) is 0 Å². The van der Waals surface area contributed by atoms with E-state index < -0.39 is 0 Å². The largest absolute Gasteiger partial charge is 0.289 e. The highest BCUT2D eigenvalue weighted by molar-refractivity contribution is 6.02. The van der Waals surface area contributed by atoms with Crippen LogP contribution in [0.2, 0.25) is 0 Å². The van der Waals surface area contributed by atoms with Gasteiger partial charge in [0.25, 0.3) is 5.91 Å². The van der Waals surface area contributed by atoms with Gasteiger partial charge in [0.15, 0.2) is 0 Å². The highest BCUT2D eigenvalue weighted by Crippen LogP contribution is 2.30. The van der Waals surface area contributed by atoms with E-state index in [0.29, 0.717) is 17.7 Å². The van der Waals surface area contributed by atoms with Crippen molar-refractivity contribution in [3.8, 4) is 0 Å². The topological polar surface area (TPSA) is 77.6 Å². The van der Waals surface area contributed by atoms with Crippen LogP contribution < -0.4 is 5.32 Å². The molecule has 7 nitrogen and oxygen atoms in total. The van der Waals surface area contributed by atoms with Gasteiger partial charge in [-0.2, -0.15) is 15.2 Å². The van der Waals surface area contributed by atoms with Gasteiger partial charge in [-0.1, -0.05) is 12.8 Å². The van der Waals surface area contributed by atoms with Gasteiger partial charge in [0, 0.05) is 6.20 Å². The fourth-order valence-corrected chi connectivity index (χ4v) is 2.92. The molecule has 3 rings (SSSR count). The maximum absolute atomic E-state index is 12.6. The monoisotopic (exact) mass is 302 g/mol. The Morgan fingerprint density at radius 2 is 2.00 bits per heavy atom. The molecule has 1 fully saturated rings. The molecular weight excluding hydrogens is 280 g/mol. The Bertz CT molecular complexity index is 660. The molecule has 118 valence electrons. The molecule has 7 heteroatoms. The molecule has 0 atom stereocenters. The Labute approximate surface area is 129 Å². The molecule has 0 radical (unpaired) electrons. The molecule has 0 unspecified atom stereocenters. The first-order valence-corrected chi connectivity index (χ1v) is 7.72. The van der Waals surface area contributed by atoms with E-state index in [-0.39, 0.29) is 11.4 Å². The van der Waals surface area contributed by atoms with Crippen LogP contribution >= 0.6 is 0 Å². The average molecular weight is 302 g/mol. The van der Waals surface area contributed by atoms with Gasteiger partial charge in [0.1, 0.15) is 12.0 Å². The summed E-state index contributed by atoms with van der Waals surface area (Å²) < 4.78 is 3.56. The van der Waals surface area contributed by atoms with Crippen LogP contribution in [0.1, 0.15) is 63.0 Å². The smallest absolute Gasteiger partial charge is 0.276 e. The van der Waals surface area contributed by atoms with Crippen molar-refractivity contribution in [3.05, 3.63) is 24.3 Å². The molecule has 22 heavy (non-hydrogen) atoms. The number of aromatic nitrogens is 5. The van der Waals surface area contributed by atoms with Gasteiger partial charge in [-0.3, -0.25) is 14.8 Å². The third-order valence-electron chi connectivity index (χ3n) is 3.98. The van der Waals surface area contributed by atoms with Crippen molar-refractivity contribution in [1.82, 2.24) is 24.5 Å². The highest BCUT2D eigenvalue weighted by Gasteiger charge is 2.25. The van der Waals surface area contributed by atoms with Gasteiger partial charge < -0.3 is 0 Å². The van der Waals surface area contributed by atoms with Crippen LogP contribution in [0, 0.1) is 0 Å². The number of carbonyl (C=O) groups excluding carboxylic acids is 1. The van der Waals surface area contributed by atoms with E-state index >= 15 is 0 Å². The molecule has 0 aromatic carbocycles. The van der Waals surface area contributed by atoms with Crippen LogP contribution in [-0.4, -0.2) is 30.5 Å². The molecule has 0 aliphatic heterocycles. The number of hydrogen-bond acceptors (Lipinski definition) is 4. The van der Waals surface area contributed by atoms with E-state index in [1.165, 1.54) is 19.2 Å². The summed E-state index contributed by atoms with van der Waals surface area (Å²) >= 11 is 0. The first-order chi connectivity index (χ1) is 10.5. The lowest BCUT2D eigenvalue weighted by atomic mass is 10.1. The molecule has 2 aromatic heterocycles. The maximum atomic E-state index is 12.6. The summed E-state index contributed by atoms with van der Waals surface area (Å²) in [5, 5.41) is 11.4. The minimum atomic E-state index is -0.245. The van der Waals surface area contributed by atoms with Crippen LogP contribution in [0.5, 0.6) is 0 Å². The first kappa shape index (κ1) is 14.7. The standard InChI is InChI=1S/C15H22N6O/c1-15(2,3)21-14(16-10-18-21)19-13(22)12-8-9-17-20(12)11-6-4-5-7-11/h8-11H,4-7H2,1-3H3,(H,16,18,19,22). The number of carbonyl (C=O) groups is 1. The molecule has 1 saturated carbocycles. The van der Waals surface area contributed by atoms with Crippen molar-refractivity contribution in [2.45, 2.75) is 58.0 Å². The maximum Gasteiger partial charge on any atom is 0.276 e. The Kier molecular flexibility index (Phi) is 3.72. The second kappa shape index (κ2) is 5.55. The van der Waals surface area contributed by atoms with Crippen molar-refractivity contribution in [2.75, 3.05) is 5.32 Å². The minimum Gasteiger partial charge on any atom is -0.289 e. The number of rotatable bonds is 3. The molecule has 0 spiro atoms. The molecule has 2 aromatic rings. The van der Waals surface area contributed by atoms with Crippen molar-refractivity contribution >= 4 is 11.9 Å². The molecule has 2 heterocycles. The van der Waals surface area contributed by atoms with E-state index in [1.807, 2.05) is 25.5 Å². The fourth-order valence-electron chi connectivity index (χ4n) is 2.92. The lowest BCUT2D eigenvalue weighted by Crippen LogP contribution is -2.28. The summed E-state index contributed by atoms with van der Waals surface area (Å²) in [4.78, 5) is 16.7.